The van der Waals surface area contributed by atoms with Crippen molar-refractivity contribution in [3.8, 4) is 0 Å². The number of furan rings is 1. The Morgan fingerprint density at radius 1 is 1.67 bits per heavy atom. The van der Waals surface area contributed by atoms with Crippen LogP contribution in [0.15, 0.2) is 21.6 Å². The van der Waals surface area contributed by atoms with Gasteiger partial charge in [0.05, 0.1) is 11.2 Å². The first-order valence-electron chi connectivity index (χ1n) is 2.91. The zero-order valence-corrected chi connectivity index (χ0v) is 5.70. The van der Waals surface area contributed by atoms with Crippen LogP contribution in [0.3, 0.4) is 0 Å². The first-order chi connectivity index (χ1) is 4.47. The minimum Gasteiger partial charge on any atom is -0.448 e. The van der Waals surface area contributed by atoms with Gasteiger partial charge in [0.1, 0.15) is 0 Å². The molecule has 48 valence electrons. The Labute approximate surface area is 57.6 Å². The molecule has 0 saturated carbocycles. The fraction of sp³-hybridized carbons (Fsp3) is 0.333. The fourth-order valence-electron chi connectivity index (χ4n) is 0.866. The molecule has 1 N–H and O–H groups in total. The van der Waals surface area contributed by atoms with Gasteiger partial charge in [-0.2, -0.15) is 0 Å². The maximum atomic E-state index is 5.12. The van der Waals surface area contributed by atoms with E-state index < -0.39 is 0 Å². The molecule has 0 bridgehead atoms. The molecule has 0 amide bonds. The molecule has 0 unspecified atom stereocenters. The number of anilines is 1. The van der Waals surface area contributed by atoms with E-state index in [-0.39, 0.29) is 0 Å². The van der Waals surface area contributed by atoms with E-state index in [4.69, 9.17) is 4.42 Å². The molecule has 0 saturated heterocycles. The van der Waals surface area contributed by atoms with Crippen LogP contribution in [-0.4, -0.2) is 12.3 Å². The highest BCUT2D eigenvalue weighted by Gasteiger charge is 2.09. The van der Waals surface area contributed by atoms with Gasteiger partial charge in [0.2, 0.25) is 5.88 Å². The monoisotopic (exact) mass is 141 g/mol. The Morgan fingerprint density at radius 3 is 3.56 bits per heavy atom. The second kappa shape index (κ2) is 1.99. The molecule has 0 aromatic carbocycles. The Bertz CT molecular complexity index is 188. The van der Waals surface area contributed by atoms with E-state index in [2.05, 4.69) is 5.32 Å². The molecule has 0 spiro atoms. The molecular weight excluding hydrogens is 134 g/mol. The second-order valence-electron chi connectivity index (χ2n) is 1.89. The molecule has 2 heterocycles. The van der Waals surface area contributed by atoms with Crippen LogP contribution in [0.4, 0.5) is 5.88 Å². The van der Waals surface area contributed by atoms with E-state index in [0.717, 1.165) is 18.2 Å². The van der Waals surface area contributed by atoms with Gasteiger partial charge in [0.25, 0.3) is 0 Å². The highest BCUT2D eigenvalue weighted by molar-refractivity contribution is 7.99. The summed E-state index contributed by atoms with van der Waals surface area (Å²) in [6.45, 7) is 1.02. The summed E-state index contributed by atoms with van der Waals surface area (Å²) in [6.07, 6.45) is 1.72. The Morgan fingerprint density at radius 2 is 2.67 bits per heavy atom. The lowest BCUT2D eigenvalue weighted by Gasteiger charge is -2.09. The summed E-state index contributed by atoms with van der Waals surface area (Å²) in [5.41, 5.74) is 0. The average Bonchev–Trinajstić information content (AvgIpc) is 2.33. The molecule has 2 nitrogen and oxygen atoms in total. The second-order valence-corrected chi connectivity index (χ2v) is 3.03. The molecular formula is C6H7NOS. The summed E-state index contributed by atoms with van der Waals surface area (Å²) in [6, 6.07) is 1.99. The van der Waals surface area contributed by atoms with Crippen LogP contribution in [-0.2, 0) is 0 Å². The molecule has 1 aromatic rings. The Balaban J connectivity index is 2.39. The number of thioether (sulfide) groups is 1. The van der Waals surface area contributed by atoms with E-state index in [9.17, 15) is 0 Å². The quantitative estimate of drug-likeness (QED) is 0.596. The third kappa shape index (κ3) is 0.812. The average molecular weight is 141 g/mol. The molecule has 1 aliphatic heterocycles. The van der Waals surface area contributed by atoms with Crippen LogP contribution in [0.2, 0.25) is 0 Å². The summed E-state index contributed by atoms with van der Waals surface area (Å²) < 4.78 is 5.12. The third-order valence-corrected chi connectivity index (χ3v) is 2.32. The highest BCUT2D eigenvalue weighted by Crippen LogP contribution is 2.30. The molecule has 1 aliphatic rings. The van der Waals surface area contributed by atoms with Gasteiger partial charge < -0.3 is 9.73 Å². The van der Waals surface area contributed by atoms with E-state index >= 15 is 0 Å². The van der Waals surface area contributed by atoms with E-state index in [1.165, 1.54) is 4.90 Å². The molecule has 1 aromatic heterocycles. The zero-order valence-electron chi connectivity index (χ0n) is 4.89. The van der Waals surface area contributed by atoms with Crippen molar-refractivity contribution in [1.29, 1.82) is 0 Å². The SMILES string of the molecule is c1cc2c(o1)NCCS2. The first-order valence-corrected chi connectivity index (χ1v) is 3.89. The number of rotatable bonds is 0. The molecule has 0 radical (unpaired) electrons. The van der Waals surface area contributed by atoms with Crippen molar-refractivity contribution in [3.63, 3.8) is 0 Å². The normalized spacial score (nSPS) is 16.4. The van der Waals surface area contributed by atoms with Crippen LogP contribution in [0.1, 0.15) is 0 Å². The van der Waals surface area contributed by atoms with Gasteiger partial charge in [0.15, 0.2) is 0 Å². The van der Waals surface area contributed by atoms with Gasteiger partial charge in [-0.1, -0.05) is 0 Å². The first kappa shape index (κ1) is 5.23. The molecule has 0 fully saturated rings. The predicted octanol–water partition coefficient (Wildman–Crippen LogP) is 1.80. The maximum Gasteiger partial charge on any atom is 0.206 e. The summed E-state index contributed by atoms with van der Waals surface area (Å²) >= 11 is 1.84. The Hall–Kier alpha value is -0.570. The van der Waals surface area contributed by atoms with Crippen LogP contribution < -0.4 is 5.32 Å². The van der Waals surface area contributed by atoms with Gasteiger partial charge in [-0.15, -0.1) is 11.8 Å². The minimum absolute atomic E-state index is 0.936. The van der Waals surface area contributed by atoms with E-state index in [0.29, 0.717) is 0 Å². The van der Waals surface area contributed by atoms with E-state index in [1.54, 1.807) is 6.26 Å². The zero-order chi connectivity index (χ0) is 6.10. The van der Waals surface area contributed by atoms with Gasteiger partial charge in [0, 0.05) is 12.3 Å². The van der Waals surface area contributed by atoms with Crippen molar-refractivity contribution in [1.82, 2.24) is 0 Å². The lowest BCUT2D eigenvalue weighted by Crippen LogP contribution is -2.07. The Kier molecular flexibility index (Phi) is 1.16. The van der Waals surface area contributed by atoms with Gasteiger partial charge >= 0.3 is 0 Å². The topological polar surface area (TPSA) is 25.2 Å². The standard InChI is InChI=1S/C6H7NOS/c1-3-8-6-5(1)9-4-2-7-6/h1,3,7H,2,4H2. The minimum atomic E-state index is 0.936. The number of hydrogen-bond donors (Lipinski definition) is 1. The van der Waals surface area contributed by atoms with Crippen molar-refractivity contribution in [2.75, 3.05) is 17.6 Å². The summed E-state index contributed by atoms with van der Waals surface area (Å²) in [5, 5.41) is 3.16. The molecule has 2 rings (SSSR count). The van der Waals surface area contributed by atoms with E-state index in [1.807, 2.05) is 17.8 Å². The smallest absolute Gasteiger partial charge is 0.206 e. The largest absolute Gasteiger partial charge is 0.448 e. The predicted molar refractivity (Wildman–Crippen MR) is 37.9 cm³/mol. The molecule has 0 atom stereocenters. The number of hydrogen-bond acceptors (Lipinski definition) is 3. The third-order valence-electron chi connectivity index (χ3n) is 1.27. The van der Waals surface area contributed by atoms with Crippen molar-refractivity contribution < 1.29 is 4.42 Å². The highest BCUT2D eigenvalue weighted by atomic mass is 32.2. The number of fused-ring (bicyclic) bond motifs is 1. The summed E-state index contributed by atoms with van der Waals surface area (Å²) in [5.74, 6) is 2.08. The maximum absolute atomic E-state index is 5.12. The van der Waals surface area contributed by atoms with Gasteiger partial charge in [-0.3, -0.25) is 0 Å². The van der Waals surface area contributed by atoms with Crippen molar-refractivity contribution in [3.05, 3.63) is 12.3 Å². The number of nitrogens with one attached hydrogen (secondary N) is 1. The van der Waals surface area contributed by atoms with Crippen LogP contribution in [0, 0.1) is 0 Å². The molecule has 3 heteroatoms. The summed E-state index contributed by atoms with van der Waals surface area (Å²) in [4.78, 5) is 1.24. The molecule has 0 aliphatic carbocycles. The van der Waals surface area contributed by atoms with Crippen molar-refractivity contribution in [2.45, 2.75) is 4.90 Å². The lowest BCUT2D eigenvalue weighted by atomic mass is 10.6. The van der Waals surface area contributed by atoms with Crippen LogP contribution in [0.25, 0.3) is 0 Å². The summed E-state index contributed by atoms with van der Waals surface area (Å²) in [7, 11) is 0. The van der Waals surface area contributed by atoms with Crippen molar-refractivity contribution >= 4 is 17.6 Å². The molecule has 9 heavy (non-hydrogen) atoms. The van der Waals surface area contributed by atoms with Gasteiger partial charge in [-0.05, 0) is 6.07 Å². The lowest BCUT2D eigenvalue weighted by molar-refractivity contribution is 0.575. The fourth-order valence-corrected chi connectivity index (χ4v) is 1.69. The van der Waals surface area contributed by atoms with Crippen molar-refractivity contribution in [2.24, 2.45) is 0 Å². The van der Waals surface area contributed by atoms with Crippen LogP contribution >= 0.6 is 11.8 Å². The van der Waals surface area contributed by atoms with Crippen LogP contribution in [0.5, 0.6) is 0 Å². The van der Waals surface area contributed by atoms with Gasteiger partial charge in [-0.25, -0.2) is 0 Å².